The Morgan fingerprint density at radius 1 is 1.10 bits per heavy atom. The van der Waals surface area contributed by atoms with Crippen molar-refractivity contribution in [2.75, 3.05) is 12.5 Å². The predicted molar refractivity (Wildman–Crippen MR) is 83.1 cm³/mol. The molecule has 0 atom stereocenters. The molecule has 0 saturated carbocycles. The van der Waals surface area contributed by atoms with Crippen LogP contribution in [0.5, 0.6) is 0 Å². The van der Waals surface area contributed by atoms with Gasteiger partial charge in [0.25, 0.3) is 0 Å². The summed E-state index contributed by atoms with van der Waals surface area (Å²) < 4.78 is 11.9. The average Bonchev–Trinajstić information content (AvgIpc) is 2.39. The van der Waals surface area contributed by atoms with E-state index in [9.17, 15) is 9.00 Å². The van der Waals surface area contributed by atoms with Gasteiger partial charge in [0.05, 0.1) is 0 Å². The number of hydrogen-bond acceptors (Lipinski definition) is 3. The standard InChI is InChI=1S/C16H19NO2S/c1-12-4-7-14(11-17-12)16(18)10-13-5-8-15(9-6-13)20(2,3)19/h4-9,11,20H,10H2,1-3H3. The lowest BCUT2D eigenvalue weighted by Gasteiger charge is -2.12. The van der Waals surface area contributed by atoms with E-state index in [0.717, 1.165) is 16.2 Å². The van der Waals surface area contributed by atoms with Gasteiger partial charge in [0, 0.05) is 28.8 Å². The van der Waals surface area contributed by atoms with Crippen LogP contribution in [-0.2, 0) is 16.4 Å². The number of aryl methyl sites for hydroxylation is 1. The lowest BCUT2D eigenvalue weighted by atomic mass is 10.0. The lowest BCUT2D eigenvalue weighted by Crippen LogP contribution is -2.07. The molecule has 2 aromatic rings. The van der Waals surface area contributed by atoms with Crippen molar-refractivity contribution < 1.29 is 9.00 Å². The van der Waals surface area contributed by atoms with Gasteiger partial charge in [-0.05, 0) is 49.3 Å². The van der Waals surface area contributed by atoms with Crippen molar-refractivity contribution in [3.05, 3.63) is 59.4 Å². The van der Waals surface area contributed by atoms with Crippen molar-refractivity contribution in [3.63, 3.8) is 0 Å². The minimum absolute atomic E-state index is 0.0430. The molecule has 0 aliphatic carbocycles. The highest BCUT2D eigenvalue weighted by Gasteiger charge is 2.09. The highest BCUT2D eigenvalue weighted by atomic mass is 32.2. The molecule has 0 fully saturated rings. The number of hydrogen-bond donors (Lipinski definition) is 1. The molecular weight excluding hydrogens is 270 g/mol. The van der Waals surface area contributed by atoms with Gasteiger partial charge in [-0.3, -0.25) is 14.0 Å². The fourth-order valence-electron chi connectivity index (χ4n) is 1.89. The van der Waals surface area contributed by atoms with Crippen LogP contribution >= 0.6 is 0 Å². The molecule has 0 bridgehead atoms. The minimum Gasteiger partial charge on any atom is -0.294 e. The monoisotopic (exact) mass is 289 g/mol. The minimum atomic E-state index is -2.23. The number of nitrogens with zero attached hydrogens (tertiary/aromatic N) is 1. The van der Waals surface area contributed by atoms with Gasteiger partial charge in [-0.2, -0.15) is 0 Å². The van der Waals surface area contributed by atoms with E-state index in [1.165, 1.54) is 0 Å². The first-order chi connectivity index (χ1) is 9.36. The summed E-state index contributed by atoms with van der Waals surface area (Å²) in [6, 6.07) is 11.1. The predicted octanol–water partition coefficient (Wildman–Crippen LogP) is 2.45. The van der Waals surface area contributed by atoms with Crippen molar-refractivity contribution in [1.82, 2.24) is 4.98 Å². The molecule has 0 aliphatic rings. The van der Waals surface area contributed by atoms with E-state index in [-0.39, 0.29) is 5.78 Å². The van der Waals surface area contributed by atoms with Crippen LogP contribution in [0.4, 0.5) is 0 Å². The summed E-state index contributed by atoms with van der Waals surface area (Å²) in [7, 11) is -2.23. The molecule has 0 saturated heterocycles. The Bertz CT molecular complexity index is 654. The third kappa shape index (κ3) is 3.61. The lowest BCUT2D eigenvalue weighted by molar-refractivity contribution is 0.0992. The normalized spacial score (nSPS) is 12.2. The molecule has 20 heavy (non-hydrogen) atoms. The van der Waals surface area contributed by atoms with Crippen LogP contribution in [0.15, 0.2) is 47.5 Å². The third-order valence-electron chi connectivity index (χ3n) is 3.16. The van der Waals surface area contributed by atoms with E-state index >= 15 is 0 Å². The van der Waals surface area contributed by atoms with E-state index in [2.05, 4.69) is 4.98 Å². The van der Waals surface area contributed by atoms with Crippen LogP contribution in [-0.4, -0.2) is 27.5 Å². The molecule has 1 aromatic heterocycles. The first-order valence-corrected chi connectivity index (χ1v) is 9.07. The van der Waals surface area contributed by atoms with E-state index in [0.29, 0.717) is 12.0 Å². The van der Waals surface area contributed by atoms with Gasteiger partial charge in [0.15, 0.2) is 5.78 Å². The molecule has 0 amide bonds. The van der Waals surface area contributed by atoms with E-state index in [1.807, 2.05) is 37.3 Å². The Hall–Kier alpha value is -1.81. The van der Waals surface area contributed by atoms with E-state index < -0.39 is 9.93 Å². The Balaban J connectivity index is 2.12. The fourth-order valence-corrected chi connectivity index (χ4v) is 2.76. The summed E-state index contributed by atoms with van der Waals surface area (Å²) in [6.07, 6.45) is 5.43. The van der Waals surface area contributed by atoms with Crippen LogP contribution in [0.2, 0.25) is 0 Å². The molecule has 0 radical (unpaired) electrons. The van der Waals surface area contributed by atoms with Crippen molar-refractivity contribution in [1.29, 1.82) is 0 Å². The average molecular weight is 289 g/mol. The number of ketones is 1. The van der Waals surface area contributed by atoms with E-state index in [1.54, 1.807) is 24.8 Å². The molecule has 1 heterocycles. The van der Waals surface area contributed by atoms with Crippen molar-refractivity contribution >= 4 is 15.7 Å². The van der Waals surface area contributed by atoms with Gasteiger partial charge in [-0.15, -0.1) is 0 Å². The molecule has 106 valence electrons. The molecule has 0 aliphatic heterocycles. The summed E-state index contributed by atoms with van der Waals surface area (Å²) in [6.45, 7) is 1.89. The number of carbonyl (C=O) groups excluding carboxylic acids is 1. The van der Waals surface area contributed by atoms with Crippen LogP contribution in [0.1, 0.15) is 21.6 Å². The number of benzene rings is 1. The number of aromatic nitrogens is 1. The Kier molecular flexibility index (Phi) is 4.14. The highest BCUT2D eigenvalue weighted by Crippen LogP contribution is 2.15. The number of pyridine rings is 1. The van der Waals surface area contributed by atoms with Crippen molar-refractivity contribution in [3.8, 4) is 0 Å². The third-order valence-corrected chi connectivity index (χ3v) is 4.70. The summed E-state index contributed by atoms with van der Waals surface area (Å²) in [4.78, 5) is 17.1. The van der Waals surface area contributed by atoms with Crippen LogP contribution in [0, 0.1) is 6.92 Å². The zero-order valence-corrected chi connectivity index (χ0v) is 12.9. The maximum atomic E-state index is 12.1. The maximum Gasteiger partial charge on any atom is 0.168 e. The van der Waals surface area contributed by atoms with Gasteiger partial charge in [0.1, 0.15) is 0 Å². The molecule has 0 N–H and O–H groups in total. The van der Waals surface area contributed by atoms with Crippen LogP contribution < -0.4 is 0 Å². The second-order valence-corrected chi connectivity index (χ2v) is 8.52. The number of Topliss-reactive ketones (excluding diaryl/α,β-unsaturated/α-hetero) is 1. The van der Waals surface area contributed by atoms with Crippen LogP contribution in [0.3, 0.4) is 0 Å². The molecule has 3 nitrogen and oxygen atoms in total. The van der Waals surface area contributed by atoms with Crippen LogP contribution in [0.25, 0.3) is 0 Å². The largest absolute Gasteiger partial charge is 0.294 e. The summed E-state index contributed by atoms with van der Waals surface area (Å²) in [5, 5.41) is 0. The zero-order valence-electron chi connectivity index (χ0n) is 12.0. The second-order valence-electron chi connectivity index (χ2n) is 5.31. The Morgan fingerprint density at radius 3 is 2.25 bits per heavy atom. The molecule has 0 unspecified atom stereocenters. The zero-order chi connectivity index (χ0) is 14.8. The smallest absolute Gasteiger partial charge is 0.168 e. The summed E-state index contributed by atoms with van der Waals surface area (Å²) in [5.41, 5.74) is 2.44. The van der Waals surface area contributed by atoms with Gasteiger partial charge < -0.3 is 0 Å². The fraction of sp³-hybridized carbons (Fsp3) is 0.250. The number of rotatable bonds is 4. The number of thiol groups is 1. The van der Waals surface area contributed by atoms with E-state index in [4.69, 9.17) is 0 Å². The van der Waals surface area contributed by atoms with Crippen molar-refractivity contribution in [2.45, 2.75) is 18.2 Å². The first-order valence-electron chi connectivity index (χ1n) is 6.46. The van der Waals surface area contributed by atoms with Gasteiger partial charge >= 0.3 is 0 Å². The maximum absolute atomic E-state index is 12.1. The molecule has 2 rings (SSSR count). The van der Waals surface area contributed by atoms with Gasteiger partial charge in [-0.25, -0.2) is 0 Å². The van der Waals surface area contributed by atoms with Crippen molar-refractivity contribution in [2.24, 2.45) is 0 Å². The molecular formula is C16H19NO2S. The Labute approximate surface area is 120 Å². The Morgan fingerprint density at radius 2 is 1.75 bits per heavy atom. The first kappa shape index (κ1) is 14.6. The van der Waals surface area contributed by atoms with Gasteiger partial charge in [-0.1, -0.05) is 22.1 Å². The SMILES string of the molecule is Cc1ccc(C(=O)Cc2ccc([SH](C)(C)=O)cc2)cn1. The highest BCUT2D eigenvalue weighted by molar-refractivity contribution is 8.01. The van der Waals surface area contributed by atoms with Gasteiger partial charge in [0.2, 0.25) is 0 Å². The second kappa shape index (κ2) is 5.67. The molecule has 0 spiro atoms. The molecule has 4 heteroatoms. The molecule has 1 aromatic carbocycles. The number of carbonyl (C=O) groups is 1. The quantitative estimate of drug-likeness (QED) is 0.695. The topological polar surface area (TPSA) is 47.0 Å². The summed E-state index contributed by atoms with van der Waals surface area (Å²) in [5.74, 6) is 0.0430. The summed E-state index contributed by atoms with van der Waals surface area (Å²) >= 11 is 0.